The van der Waals surface area contributed by atoms with Crippen molar-refractivity contribution in [1.82, 2.24) is 33.9 Å². The number of aromatic nitrogens is 7. The van der Waals surface area contributed by atoms with E-state index >= 15 is 0 Å². The molecule has 0 unspecified atom stereocenters. The number of halogens is 2. The average molecular weight is 516 g/mol. The van der Waals surface area contributed by atoms with Crippen LogP contribution in [-0.4, -0.2) is 53.6 Å². The molecular formula is C22H23F2N9O2S. The summed E-state index contributed by atoms with van der Waals surface area (Å²) in [6.07, 6.45) is 8.48. The minimum Gasteiger partial charge on any atom is -0.367 e. The van der Waals surface area contributed by atoms with E-state index in [9.17, 15) is 17.2 Å². The highest BCUT2D eigenvalue weighted by atomic mass is 32.2. The standard InChI is InChI=1S/C22H23F2N9O2S/c1-13(2)28-20-17(18-6-8-32(31-18)21(23)24)11-26-22(30-20)29-15-5-7-25-19(9-15)14-10-27-33(12-14)36(34,35)16-3-4-16/h5-13,16,21H,3-4H2,1-2H3,(H2,25,26,28,29,30). The third-order valence-electron chi connectivity index (χ3n) is 5.38. The maximum Gasteiger partial charge on any atom is 0.333 e. The summed E-state index contributed by atoms with van der Waals surface area (Å²) in [6, 6.07) is 4.93. The zero-order valence-corrected chi connectivity index (χ0v) is 20.2. The summed E-state index contributed by atoms with van der Waals surface area (Å²) in [5.41, 5.74) is 2.48. The lowest BCUT2D eigenvalue weighted by Crippen LogP contribution is -2.17. The average Bonchev–Trinajstić information content (AvgIpc) is 3.37. The van der Waals surface area contributed by atoms with Gasteiger partial charge in [-0.25, -0.2) is 18.1 Å². The van der Waals surface area contributed by atoms with Crippen LogP contribution in [0.15, 0.2) is 49.2 Å². The molecule has 1 aliphatic carbocycles. The highest BCUT2D eigenvalue weighted by Crippen LogP contribution is 2.31. The molecule has 4 aromatic rings. The number of anilines is 3. The third kappa shape index (κ3) is 4.89. The SMILES string of the molecule is CC(C)Nc1nc(Nc2ccnc(-c3cnn(S(=O)(=O)C4CC4)c3)c2)ncc1-c1ccn(C(F)F)n1. The Morgan fingerprint density at radius 2 is 1.92 bits per heavy atom. The minimum absolute atomic E-state index is 0.0136. The molecule has 0 amide bonds. The Morgan fingerprint density at radius 1 is 1.11 bits per heavy atom. The number of hydrogen-bond acceptors (Lipinski definition) is 9. The number of rotatable bonds is 9. The van der Waals surface area contributed by atoms with Gasteiger partial charge < -0.3 is 10.6 Å². The molecule has 0 aliphatic heterocycles. The minimum atomic E-state index is -3.47. The number of hydrogen-bond donors (Lipinski definition) is 2. The summed E-state index contributed by atoms with van der Waals surface area (Å²) >= 11 is 0. The van der Waals surface area contributed by atoms with Crippen molar-refractivity contribution in [2.45, 2.75) is 44.5 Å². The van der Waals surface area contributed by atoms with E-state index in [1.54, 1.807) is 18.3 Å². The van der Waals surface area contributed by atoms with Gasteiger partial charge in [0.2, 0.25) is 5.95 Å². The molecule has 0 aromatic carbocycles. The van der Waals surface area contributed by atoms with Crippen molar-refractivity contribution in [1.29, 1.82) is 0 Å². The summed E-state index contributed by atoms with van der Waals surface area (Å²) in [5, 5.41) is 13.8. The van der Waals surface area contributed by atoms with E-state index < -0.39 is 16.6 Å². The predicted molar refractivity (Wildman–Crippen MR) is 129 cm³/mol. The summed E-state index contributed by atoms with van der Waals surface area (Å²) in [4.78, 5) is 13.2. The molecule has 188 valence electrons. The van der Waals surface area contributed by atoms with Crippen LogP contribution >= 0.6 is 0 Å². The maximum atomic E-state index is 13.0. The van der Waals surface area contributed by atoms with Gasteiger partial charge in [0.15, 0.2) is 0 Å². The Hall–Kier alpha value is -3.94. The van der Waals surface area contributed by atoms with Crippen LogP contribution in [-0.2, 0) is 10.0 Å². The van der Waals surface area contributed by atoms with Gasteiger partial charge in [-0.2, -0.15) is 28.0 Å². The van der Waals surface area contributed by atoms with E-state index in [0.717, 1.165) is 4.09 Å². The largest absolute Gasteiger partial charge is 0.367 e. The Bertz CT molecular complexity index is 1500. The number of nitrogens with zero attached hydrogens (tertiary/aromatic N) is 7. The maximum absolute atomic E-state index is 13.0. The van der Waals surface area contributed by atoms with E-state index in [1.165, 1.54) is 30.9 Å². The van der Waals surface area contributed by atoms with E-state index in [4.69, 9.17) is 0 Å². The Labute approximate surface area is 205 Å². The van der Waals surface area contributed by atoms with Gasteiger partial charge in [0.05, 0.1) is 34.6 Å². The predicted octanol–water partition coefficient (Wildman–Crippen LogP) is 3.90. The van der Waals surface area contributed by atoms with E-state index in [0.29, 0.717) is 51.5 Å². The summed E-state index contributed by atoms with van der Waals surface area (Å²) < 4.78 is 52.4. The van der Waals surface area contributed by atoms with Gasteiger partial charge in [-0.1, -0.05) is 0 Å². The van der Waals surface area contributed by atoms with E-state index in [-0.39, 0.29) is 17.2 Å². The fraction of sp³-hybridized carbons (Fsp3) is 0.318. The molecule has 0 bridgehead atoms. The van der Waals surface area contributed by atoms with Crippen LogP contribution < -0.4 is 10.6 Å². The van der Waals surface area contributed by atoms with Crippen LogP contribution in [0.4, 0.5) is 26.2 Å². The lowest BCUT2D eigenvalue weighted by Gasteiger charge is -2.14. The lowest BCUT2D eigenvalue weighted by atomic mass is 10.2. The smallest absolute Gasteiger partial charge is 0.333 e. The fourth-order valence-electron chi connectivity index (χ4n) is 3.49. The first-order valence-electron chi connectivity index (χ1n) is 11.2. The summed E-state index contributed by atoms with van der Waals surface area (Å²) in [6.45, 7) is 1.11. The van der Waals surface area contributed by atoms with Crippen LogP contribution in [0, 0.1) is 0 Å². The Kier molecular flexibility index (Phi) is 6.12. The van der Waals surface area contributed by atoms with Crippen LogP contribution in [0.2, 0.25) is 0 Å². The molecule has 1 aliphatic rings. The summed E-state index contributed by atoms with van der Waals surface area (Å²) in [5.74, 6) is 0.696. The highest BCUT2D eigenvalue weighted by molar-refractivity contribution is 7.90. The van der Waals surface area contributed by atoms with Gasteiger partial charge in [-0.05, 0) is 44.9 Å². The van der Waals surface area contributed by atoms with Gasteiger partial charge in [0, 0.05) is 35.9 Å². The van der Waals surface area contributed by atoms with Crippen LogP contribution in [0.1, 0.15) is 33.2 Å². The highest BCUT2D eigenvalue weighted by Gasteiger charge is 2.37. The van der Waals surface area contributed by atoms with Crippen LogP contribution in [0.5, 0.6) is 0 Å². The second kappa shape index (κ2) is 9.26. The summed E-state index contributed by atoms with van der Waals surface area (Å²) in [7, 11) is -3.47. The molecule has 1 fully saturated rings. The van der Waals surface area contributed by atoms with E-state index in [2.05, 4.69) is 35.8 Å². The molecule has 5 rings (SSSR count). The van der Waals surface area contributed by atoms with Crippen molar-refractivity contribution in [3.8, 4) is 22.5 Å². The van der Waals surface area contributed by atoms with Crippen molar-refractivity contribution in [3.63, 3.8) is 0 Å². The first-order valence-corrected chi connectivity index (χ1v) is 12.7. The second-order valence-electron chi connectivity index (χ2n) is 8.61. The quantitative estimate of drug-likeness (QED) is 0.340. The Balaban J connectivity index is 1.40. The molecule has 0 radical (unpaired) electrons. The monoisotopic (exact) mass is 515 g/mol. The normalized spacial score (nSPS) is 13.9. The van der Waals surface area contributed by atoms with Gasteiger partial charge in [0.25, 0.3) is 10.0 Å². The van der Waals surface area contributed by atoms with Crippen molar-refractivity contribution in [2.24, 2.45) is 0 Å². The molecule has 4 aromatic heterocycles. The van der Waals surface area contributed by atoms with Gasteiger partial charge >= 0.3 is 6.55 Å². The van der Waals surface area contributed by atoms with Gasteiger partial charge in [-0.3, -0.25) is 4.98 Å². The zero-order chi connectivity index (χ0) is 25.4. The molecule has 4 heterocycles. The first-order chi connectivity index (χ1) is 17.2. The van der Waals surface area contributed by atoms with Gasteiger partial charge in [0.1, 0.15) is 5.82 Å². The van der Waals surface area contributed by atoms with Crippen LogP contribution in [0.25, 0.3) is 22.5 Å². The number of nitrogens with one attached hydrogen (secondary N) is 2. The lowest BCUT2D eigenvalue weighted by molar-refractivity contribution is 0.0568. The molecule has 14 heteroatoms. The number of pyridine rings is 1. The topological polar surface area (TPSA) is 133 Å². The molecule has 11 nitrogen and oxygen atoms in total. The third-order valence-corrected chi connectivity index (χ3v) is 7.41. The first kappa shape index (κ1) is 23.8. The second-order valence-corrected chi connectivity index (χ2v) is 10.7. The van der Waals surface area contributed by atoms with Crippen LogP contribution in [0.3, 0.4) is 0 Å². The van der Waals surface area contributed by atoms with Crippen molar-refractivity contribution in [2.75, 3.05) is 10.6 Å². The molecule has 0 spiro atoms. The van der Waals surface area contributed by atoms with E-state index in [1.807, 2.05) is 13.8 Å². The molecule has 0 saturated heterocycles. The molecule has 1 saturated carbocycles. The van der Waals surface area contributed by atoms with Crippen molar-refractivity contribution < 1.29 is 17.2 Å². The fourth-order valence-corrected chi connectivity index (χ4v) is 4.97. The number of alkyl halides is 2. The van der Waals surface area contributed by atoms with Crippen molar-refractivity contribution in [3.05, 3.63) is 49.2 Å². The molecular weight excluding hydrogens is 492 g/mol. The molecule has 36 heavy (non-hydrogen) atoms. The Morgan fingerprint density at radius 3 is 2.61 bits per heavy atom. The van der Waals surface area contributed by atoms with Gasteiger partial charge in [-0.15, -0.1) is 0 Å². The van der Waals surface area contributed by atoms with Crippen molar-refractivity contribution >= 4 is 27.5 Å². The molecule has 0 atom stereocenters. The molecule has 2 N–H and O–H groups in total. The zero-order valence-electron chi connectivity index (χ0n) is 19.4.